The van der Waals surface area contributed by atoms with Gasteiger partial charge in [-0.25, -0.2) is 9.98 Å². The zero-order chi connectivity index (χ0) is 16.2. The van der Waals surface area contributed by atoms with Crippen LogP contribution in [-0.4, -0.2) is 31.4 Å². The summed E-state index contributed by atoms with van der Waals surface area (Å²) in [7, 11) is 0. The first-order valence-corrected chi connectivity index (χ1v) is 7.99. The molecule has 7 heteroatoms. The van der Waals surface area contributed by atoms with E-state index >= 15 is 0 Å². The first-order valence-electron chi connectivity index (χ1n) is 6.76. The number of anilines is 1. The van der Waals surface area contributed by atoms with Crippen LogP contribution >= 0.6 is 11.8 Å². The van der Waals surface area contributed by atoms with Crippen molar-refractivity contribution in [2.45, 2.75) is 17.7 Å². The van der Waals surface area contributed by atoms with Gasteiger partial charge in [0.25, 0.3) is 0 Å². The third-order valence-electron chi connectivity index (χ3n) is 2.61. The van der Waals surface area contributed by atoms with Gasteiger partial charge in [0.2, 0.25) is 5.96 Å². The third kappa shape index (κ3) is 7.45. The Labute approximate surface area is 134 Å². The molecule has 0 unspecified atom stereocenters. The molecular weight excluding hydrogens is 298 g/mol. The van der Waals surface area contributed by atoms with Crippen LogP contribution in [0, 0.1) is 17.2 Å². The summed E-state index contributed by atoms with van der Waals surface area (Å²) < 4.78 is 0. The Hall–Kier alpha value is -2.33. The number of carbonyl (C=O) groups is 1. The summed E-state index contributed by atoms with van der Waals surface area (Å²) in [6, 6.07) is 9.98. The number of nitrogens with one attached hydrogen (secondary N) is 1. The number of nitriles is 1. The number of carbonyl (C=O) groups excluding carboxylic acids is 1. The van der Waals surface area contributed by atoms with Gasteiger partial charge in [-0.05, 0) is 31.2 Å². The zero-order valence-corrected chi connectivity index (χ0v) is 13.2. The first-order chi connectivity index (χ1) is 10.7. The topological polar surface area (TPSA) is 104 Å². The van der Waals surface area contributed by atoms with E-state index in [-0.39, 0.29) is 12.5 Å². The van der Waals surface area contributed by atoms with Crippen LogP contribution in [0.1, 0.15) is 12.8 Å². The van der Waals surface area contributed by atoms with Gasteiger partial charge in [0.05, 0.1) is 24.6 Å². The van der Waals surface area contributed by atoms with E-state index in [4.69, 9.17) is 11.0 Å². The summed E-state index contributed by atoms with van der Waals surface area (Å²) in [6.45, 7) is 0.0323. The van der Waals surface area contributed by atoms with Gasteiger partial charge in [-0.15, -0.1) is 11.8 Å². The lowest BCUT2D eigenvalue weighted by atomic mass is 10.3. The number of nitrogens with two attached hydrogens (primary N) is 1. The molecule has 6 nitrogen and oxygen atoms in total. The van der Waals surface area contributed by atoms with Crippen molar-refractivity contribution in [3.05, 3.63) is 24.3 Å². The van der Waals surface area contributed by atoms with Crippen molar-refractivity contribution in [1.29, 1.82) is 5.26 Å². The summed E-state index contributed by atoms with van der Waals surface area (Å²) in [5.74, 6) is 0.515. The SMILES string of the molecule is CSc1ccccc1N/C=N\C(N)=NCC=O.N#CC1CC1. The number of nitrogens with zero attached hydrogens (tertiary/aromatic N) is 3. The van der Waals surface area contributed by atoms with E-state index in [1.165, 1.54) is 6.34 Å². The van der Waals surface area contributed by atoms with E-state index in [0.29, 0.717) is 12.2 Å². The second-order valence-corrected chi connectivity index (χ2v) is 5.22. The Balaban J connectivity index is 0.000000406. The quantitative estimate of drug-likeness (QED) is 0.375. The van der Waals surface area contributed by atoms with Crippen molar-refractivity contribution in [1.82, 2.24) is 0 Å². The molecule has 1 fully saturated rings. The fourth-order valence-electron chi connectivity index (χ4n) is 1.32. The highest BCUT2D eigenvalue weighted by Gasteiger charge is 2.19. The molecule has 1 aliphatic carbocycles. The maximum Gasteiger partial charge on any atom is 0.217 e. The minimum atomic E-state index is 0.0323. The molecule has 0 spiro atoms. The van der Waals surface area contributed by atoms with Crippen LogP contribution in [0.4, 0.5) is 5.69 Å². The molecule has 0 aromatic heterocycles. The van der Waals surface area contributed by atoms with E-state index in [1.807, 2.05) is 30.5 Å². The average molecular weight is 317 g/mol. The molecule has 1 aliphatic rings. The average Bonchev–Trinajstić information content (AvgIpc) is 3.38. The van der Waals surface area contributed by atoms with Crippen molar-refractivity contribution in [3.8, 4) is 6.07 Å². The molecule has 2 rings (SSSR count). The Morgan fingerprint density at radius 3 is 2.82 bits per heavy atom. The number of hydrogen-bond donors (Lipinski definition) is 2. The van der Waals surface area contributed by atoms with Gasteiger partial charge in [0, 0.05) is 10.8 Å². The summed E-state index contributed by atoms with van der Waals surface area (Å²) in [5.41, 5.74) is 6.39. The molecule has 0 heterocycles. The highest BCUT2D eigenvalue weighted by Crippen LogP contribution is 2.26. The van der Waals surface area contributed by atoms with Crippen LogP contribution in [0.15, 0.2) is 39.1 Å². The first kappa shape index (κ1) is 17.7. The summed E-state index contributed by atoms with van der Waals surface area (Å²) >= 11 is 1.64. The Morgan fingerprint density at radius 1 is 1.55 bits per heavy atom. The standard InChI is InChI=1S/C11H14N4OS.C4H5N/c1-17-10-5-3-2-4-9(10)14-8-15-11(12)13-6-7-16;5-3-4-1-2-4/h2-5,7-8H,6H2,1H3,(H3,12,13,14,15);4H,1-2H2. The number of para-hydroxylation sites is 1. The molecule has 1 aromatic rings. The number of rotatable bonds is 5. The Morgan fingerprint density at radius 2 is 2.27 bits per heavy atom. The predicted octanol–water partition coefficient (Wildman–Crippen LogP) is 2.28. The summed E-state index contributed by atoms with van der Waals surface area (Å²) in [4.78, 5) is 18.7. The number of hydrogen-bond acceptors (Lipinski definition) is 4. The fourth-order valence-corrected chi connectivity index (χ4v) is 1.88. The van der Waals surface area contributed by atoms with Gasteiger partial charge in [0.1, 0.15) is 6.29 Å². The number of aliphatic imine (C=N–C) groups is 2. The number of aldehydes is 1. The Kier molecular flexibility index (Phi) is 8.38. The molecule has 3 N–H and O–H groups in total. The second-order valence-electron chi connectivity index (χ2n) is 4.37. The van der Waals surface area contributed by atoms with E-state index in [0.717, 1.165) is 23.4 Å². The smallest absolute Gasteiger partial charge is 0.217 e. The normalized spacial score (nSPS) is 13.9. The maximum atomic E-state index is 10.1. The molecule has 1 saturated carbocycles. The van der Waals surface area contributed by atoms with Crippen molar-refractivity contribution < 1.29 is 4.79 Å². The van der Waals surface area contributed by atoms with E-state index in [1.54, 1.807) is 11.8 Å². The van der Waals surface area contributed by atoms with Crippen molar-refractivity contribution in [3.63, 3.8) is 0 Å². The molecule has 116 valence electrons. The van der Waals surface area contributed by atoms with Gasteiger partial charge in [0.15, 0.2) is 0 Å². The monoisotopic (exact) mass is 317 g/mol. The summed E-state index contributed by atoms with van der Waals surface area (Å²) in [5, 5.41) is 11.0. The lowest BCUT2D eigenvalue weighted by molar-refractivity contribution is -0.106. The van der Waals surface area contributed by atoms with Crippen LogP contribution in [0.2, 0.25) is 0 Å². The fraction of sp³-hybridized carbons (Fsp3) is 0.333. The molecule has 22 heavy (non-hydrogen) atoms. The highest BCUT2D eigenvalue weighted by molar-refractivity contribution is 7.98. The second kappa shape index (κ2) is 10.4. The maximum absolute atomic E-state index is 10.1. The van der Waals surface area contributed by atoms with Crippen molar-refractivity contribution >= 4 is 36.0 Å². The van der Waals surface area contributed by atoms with E-state index in [9.17, 15) is 4.79 Å². The van der Waals surface area contributed by atoms with Gasteiger partial charge in [-0.3, -0.25) is 0 Å². The molecule has 0 radical (unpaired) electrons. The van der Waals surface area contributed by atoms with Crippen molar-refractivity contribution in [2.75, 3.05) is 18.1 Å². The van der Waals surface area contributed by atoms with Gasteiger partial charge >= 0.3 is 0 Å². The van der Waals surface area contributed by atoms with Gasteiger partial charge in [-0.2, -0.15) is 5.26 Å². The van der Waals surface area contributed by atoms with Gasteiger partial charge < -0.3 is 15.8 Å². The highest BCUT2D eigenvalue weighted by atomic mass is 32.2. The molecule has 1 aromatic carbocycles. The molecular formula is C15H19N5OS. The zero-order valence-electron chi connectivity index (χ0n) is 12.4. The van der Waals surface area contributed by atoms with Gasteiger partial charge in [-0.1, -0.05) is 12.1 Å². The number of thioether (sulfide) groups is 1. The molecule has 0 bridgehead atoms. The Bertz CT molecular complexity index is 576. The lowest BCUT2D eigenvalue weighted by Crippen LogP contribution is -2.11. The number of guanidine groups is 1. The van der Waals surface area contributed by atoms with Crippen LogP contribution in [-0.2, 0) is 4.79 Å². The van der Waals surface area contributed by atoms with Crippen molar-refractivity contribution in [2.24, 2.45) is 21.6 Å². The van der Waals surface area contributed by atoms with Crippen LogP contribution < -0.4 is 11.1 Å². The van der Waals surface area contributed by atoms with Crippen LogP contribution in [0.3, 0.4) is 0 Å². The lowest BCUT2D eigenvalue weighted by Gasteiger charge is -2.05. The number of benzene rings is 1. The van der Waals surface area contributed by atoms with Crippen LogP contribution in [0.5, 0.6) is 0 Å². The van der Waals surface area contributed by atoms with E-state index in [2.05, 4.69) is 21.4 Å². The largest absolute Gasteiger partial charge is 0.368 e. The summed E-state index contributed by atoms with van der Waals surface area (Å²) in [6.07, 6.45) is 6.42. The molecule has 0 amide bonds. The van der Waals surface area contributed by atoms with E-state index < -0.39 is 0 Å². The minimum absolute atomic E-state index is 0.0323. The molecule has 0 atom stereocenters. The van der Waals surface area contributed by atoms with Crippen LogP contribution in [0.25, 0.3) is 0 Å². The third-order valence-corrected chi connectivity index (χ3v) is 3.41. The predicted molar refractivity (Wildman–Crippen MR) is 91.2 cm³/mol. The molecule has 0 saturated heterocycles. The molecule has 0 aliphatic heterocycles. The minimum Gasteiger partial charge on any atom is -0.368 e.